The summed E-state index contributed by atoms with van der Waals surface area (Å²) in [4.78, 5) is 52.8. The van der Waals surface area contributed by atoms with Crippen molar-refractivity contribution >= 4 is 23.4 Å². The number of nitrogens with zero attached hydrogens (tertiary/aromatic N) is 6. The first-order valence-electron chi connectivity index (χ1n) is 28.1. The number of aromatic nitrogens is 6. The van der Waals surface area contributed by atoms with E-state index in [1.807, 2.05) is 13.8 Å². The van der Waals surface area contributed by atoms with Gasteiger partial charge in [0.15, 0.2) is 23.0 Å². The zero-order valence-corrected chi connectivity index (χ0v) is 43.8. The number of hydrogen-bond acceptors (Lipinski definition) is 11. The molecule has 0 radical (unpaired) electrons. The summed E-state index contributed by atoms with van der Waals surface area (Å²) < 4.78 is 0. The SMILES string of the molecule is C[C@@]1(O)CC[C@@]2(C)[C@H](CC[C@@H]3[C@@H]2CC[C@]2(C)[C@@H](C(=O)Cn4ncc(C(=O)NC5CC5)n4)CC[C@@H]32)C1.C[C@@]1(O)CC[C@@]2(C)[C@H](CC[C@@H]3[C@@H]2CC[C@]2(C)[C@@H](C(=O)Cn4ncc(C(=O)O)n4)CC[C@@H]32)C1.NC1CC1. The Labute approximate surface area is 421 Å². The van der Waals surface area contributed by atoms with Gasteiger partial charge in [-0.25, -0.2) is 4.79 Å². The van der Waals surface area contributed by atoms with Crippen LogP contribution in [0.15, 0.2) is 12.4 Å². The summed E-state index contributed by atoms with van der Waals surface area (Å²) in [6.45, 7) is 14.0. The molecule has 15 nitrogen and oxygen atoms in total. The van der Waals surface area contributed by atoms with Gasteiger partial charge in [0.2, 0.25) is 0 Å². The second kappa shape index (κ2) is 18.7. The fourth-order valence-corrected chi connectivity index (χ4v) is 18.0. The average Bonchev–Trinajstić information content (AvgIpc) is 4.05. The lowest BCUT2D eigenvalue weighted by Gasteiger charge is -2.61. The number of aromatic carboxylic acids is 1. The average molecular weight is 983 g/mol. The Bertz CT molecular complexity index is 2340. The van der Waals surface area contributed by atoms with Crippen LogP contribution in [0.25, 0.3) is 0 Å². The molecule has 15 heteroatoms. The van der Waals surface area contributed by atoms with Gasteiger partial charge in [0.1, 0.15) is 13.1 Å². The van der Waals surface area contributed by atoms with Crippen LogP contribution in [0.4, 0.5) is 0 Å². The van der Waals surface area contributed by atoms with Gasteiger partial charge in [0.05, 0.1) is 23.6 Å². The van der Waals surface area contributed by atoms with E-state index in [0.29, 0.717) is 64.0 Å². The Balaban J connectivity index is 0.000000152. The fourth-order valence-electron chi connectivity index (χ4n) is 18.0. The summed E-state index contributed by atoms with van der Waals surface area (Å²) in [7, 11) is 0. The topological polar surface area (TPSA) is 228 Å². The van der Waals surface area contributed by atoms with Crippen LogP contribution in [-0.4, -0.2) is 92.0 Å². The molecule has 12 rings (SSSR count). The number of aliphatic hydroxyl groups is 2. The molecule has 0 aliphatic heterocycles. The zero-order valence-electron chi connectivity index (χ0n) is 43.8. The standard InChI is InChI=1S/C28H42N4O3.C25H37N3O4.C3H7N/c1-26(35)12-13-27(2)17(14-26)4-7-19-20-8-9-22(28(20,3)11-10-21(19)27)24(33)16-32-29-15-23(31-32)25(34)30-18-5-6-18;1-23(32)10-11-24(2)15(12-23)4-5-16-17-6-7-19(25(17,3)9-8-18(16)24)21(29)14-28-26-13-20(27-28)22(30)31;4-3-1-2-3/h15,17-22,35H,4-14,16H2,1-3H3,(H,30,34);13,15-19,32H,4-12,14H2,1-3H3,(H,30,31);3H,1-2,4H2/t17-,19+,20+,21+,22-,26-,27+,28+;15-,16+,17+,18+,19-,23-,24+,25+;/m11./s1. The fraction of sp³-hybridized carbons (Fsp3) is 0.857. The largest absolute Gasteiger partial charge is 0.476 e. The summed E-state index contributed by atoms with van der Waals surface area (Å²) in [6.07, 6.45) is 26.9. The van der Waals surface area contributed by atoms with Crippen molar-refractivity contribution in [1.82, 2.24) is 35.3 Å². The van der Waals surface area contributed by atoms with E-state index >= 15 is 0 Å². The smallest absolute Gasteiger partial charge is 0.358 e. The van der Waals surface area contributed by atoms with E-state index < -0.39 is 17.2 Å². The van der Waals surface area contributed by atoms with E-state index in [-0.39, 0.29) is 65.0 Å². The van der Waals surface area contributed by atoms with Crippen LogP contribution in [0.1, 0.15) is 204 Å². The molecule has 0 aromatic carbocycles. The Morgan fingerprint density at radius 2 is 0.986 bits per heavy atom. The number of rotatable bonds is 9. The Kier molecular flexibility index (Phi) is 13.4. The van der Waals surface area contributed by atoms with Gasteiger partial charge in [-0.3, -0.25) is 14.4 Å². The lowest BCUT2D eigenvalue weighted by molar-refractivity contribution is -0.151. The molecule has 2 aromatic rings. The second-order valence-corrected chi connectivity index (χ2v) is 26.9. The van der Waals surface area contributed by atoms with Gasteiger partial charge >= 0.3 is 5.97 Å². The van der Waals surface area contributed by atoms with Gasteiger partial charge < -0.3 is 26.4 Å². The van der Waals surface area contributed by atoms with Gasteiger partial charge in [-0.2, -0.15) is 19.8 Å². The van der Waals surface area contributed by atoms with Gasteiger partial charge in [0.25, 0.3) is 5.91 Å². The van der Waals surface area contributed by atoms with Crippen molar-refractivity contribution in [3.05, 3.63) is 23.8 Å². The van der Waals surface area contributed by atoms with Crippen molar-refractivity contribution in [1.29, 1.82) is 0 Å². The summed E-state index contributed by atoms with van der Waals surface area (Å²) in [5.41, 5.74) is 5.13. The van der Waals surface area contributed by atoms with E-state index in [0.717, 1.165) is 95.8 Å². The van der Waals surface area contributed by atoms with E-state index in [9.17, 15) is 29.4 Å². The number of Topliss-reactive ketones (excluding diaryl/α,β-unsaturated/α-hetero) is 2. The quantitative estimate of drug-likeness (QED) is 0.160. The first-order valence-corrected chi connectivity index (χ1v) is 28.1. The van der Waals surface area contributed by atoms with Crippen LogP contribution < -0.4 is 11.1 Å². The number of ketones is 2. The molecule has 10 aliphatic rings. The van der Waals surface area contributed by atoms with Crippen molar-refractivity contribution in [3.8, 4) is 0 Å². The number of carbonyl (C=O) groups excluding carboxylic acids is 3. The van der Waals surface area contributed by atoms with Gasteiger partial charge in [-0.05, 0) is 224 Å². The number of amides is 1. The minimum atomic E-state index is -1.12. The van der Waals surface area contributed by atoms with Crippen LogP contribution in [0, 0.1) is 80.8 Å². The molecule has 0 bridgehead atoms. The minimum Gasteiger partial charge on any atom is -0.476 e. The highest BCUT2D eigenvalue weighted by atomic mass is 16.4. The third kappa shape index (κ3) is 9.72. The Morgan fingerprint density at radius 1 is 0.563 bits per heavy atom. The Hall–Kier alpha value is -3.56. The predicted molar refractivity (Wildman–Crippen MR) is 266 cm³/mol. The number of fused-ring (bicyclic) bond motifs is 10. The molecule has 0 unspecified atom stereocenters. The molecule has 6 N–H and O–H groups in total. The molecule has 2 heterocycles. The molecular formula is C56H86N8O7. The maximum atomic E-state index is 13.5. The number of nitrogens with two attached hydrogens (primary N) is 1. The summed E-state index contributed by atoms with van der Waals surface area (Å²) >= 11 is 0. The van der Waals surface area contributed by atoms with Crippen molar-refractivity contribution in [2.45, 2.75) is 219 Å². The number of hydrogen-bond donors (Lipinski definition) is 5. The molecule has 16 atom stereocenters. The monoisotopic (exact) mass is 983 g/mol. The number of carbonyl (C=O) groups is 4. The highest BCUT2D eigenvalue weighted by molar-refractivity contribution is 5.92. The second-order valence-electron chi connectivity index (χ2n) is 26.9. The van der Waals surface area contributed by atoms with Crippen LogP contribution in [-0.2, 0) is 22.7 Å². The molecule has 1 amide bonds. The maximum Gasteiger partial charge on any atom is 0.358 e. The van der Waals surface area contributed by atoms with E-state index in [4.69, 9.17) is 10.8 Å². The lowest BCUT2D eigenvalue weighted by Crippen LogP contribution is -2.55. The highest BCUT2D eigenvalue weighted by Crippen LogP contribution is 2.70. The maximum absolute atomic E-state index is 13.5. The number of carboxylic acid groups (broad SMARTS) is 1. The molecule has 0 saturated heterocycles. The summed E-state index contributed by atoms with van der Waals surface area (Å²) in [6, 6.07) is 0.860. The molecule has 10 aliphatic carbocycles. The Morgan fingerprint density at radius 3 is 1.39 bits per heavy atom. The first-order chi connectivity index (χ1) is 33.5. The molecule has 0 spiro atoms. The number of nitrogens with one attached hydrogen (secondary N) is 1. The normalized spacial score (nSPS) is 44.1. The summed E-state index contributed by atoms with van der Waals surface area (Å²) in [5.74, 6) is 4.38. The van der Waals surface area contributed by atoms with E-state index in [2.05, 4.69) is 53.4 Å². The molecule has 71 heavy (non-hydrogen) atoms. The van der Waals surface area contributed by atoms with Crippen LogP contribution in [0.5, 0.6) is 0 Å². The van der Waals surface area contributed by atoms with E-state index in [1.165, 1.54) is 73.4 Å². The van der Waals surface area contributed by atoms with Crippen molar-refractivity contribution in [2.75, 3.05) is 0 Å². The van der Waals surface area contributed by atoms with E-state index in [1.54, 1.807) is 0 Å². The summed E-state index contributed by atoms with van der Waals surface area (Å²) in [5, 5.41) is 49.9. The third-order valence-electron chi connectivity index (χ3n) is 22.3. The molecule has 10 fully saturated rings. The van der Waals surface area contributed by atoms with Crippen LogP contribution in [0.2, 0.25) is 0 Å². The highest BCUT2D eigenvalue weighted by Gasteiger charge is 2.63. The third-order valence-corrected chi connectivity index (χ3v) is 22.3. The van der Waals surface area contributed by atoms with Crippen LogP contribution >= 0.6 is 0 Å². The lowest BCUT2D eigenvalue weighted by atomic mass is 9.44. The van der Waals surface area contributed by atoms with Crippen molar-refractivity contribution < 1.29 is 34.5 Å². The van der Waals surface area contributed by atoms with Crippen molar-refractivity contribution in [2.24, 2.45) is 86.6 Å². The van der Waals surface area contributed by atoms with Crippen LogP contribution in [0.3, 0.4) is 0 Å². The van der Waals surface area contributed by atoms with Gasteiger partial charge in [-0.15, -0.1) is 10.2 Å². The molecule has 10 saturated carbocycles. The van der Waals surface area contributed by atoms with Gasteiger partial charge in [-0.1, -0.05) is 27.7 Å². The molecular weight excluding hydrogens is 897 g/mol. The zero-order chi connectivity index (χ0) is 50.5. The number of carboxylic acids is 1. The molecule has 392 valence electrons. The first kappa shape index (κ1) is 50.9. The molecule has 2 aromatic heterocycles. The van der Waals surface area contributed by atoms with Crippen molar-refractivity contribution in [3.63, 3.8) is 0 Å². The minimum absolute atomic E-state index is 0.00495. The van der Waals surface area contributed by atoms with Gasteiger partial charge in [0, 0.05) is 23.9 Å². The predicted octanol–water partition coefficient (Wildman–Crippen LogP) is 8.21.